The molecule has 28 heavy (non-hydrogen) atoms. The van der Waals surface area contributed by atoms with Gasteiger partial charge in [-0.3, -0.25) is 4.79 Å². The topological polar surface area (TPSA) is 75.7 Å². The zero-order valence-corrected chi connectivity index (χ0v) is 17.3. The molecule has 0 atom stereocenters. The van der Waals surface area contributed by atoms with Gasteiger partial charge in [0.05, 0.1) is 18.1 Å². The first-order valence-electron chi connectivity index (χ1n) is 9.39. The van der Waals surface area contributed by atoms with Crippen LogP contribution in [0.5, 0.6) is 0 Å². The molecule has 150 valence electrons. The number of nitrogens with one attached hydrogen (secondary N) is 1. The van der Waals surface area contributed by atoms with Crippen molar-refractivity contribution in [3.05, 3.63) is 59.2 Å². The maximum atomic E-state index is 13.0. The van der Waals surface area contributed by atoms with Crippen LogP contribution in [0.4, 0.5) is 5.69 Å². The molecule has 7 heteroatoms. The second-order valence-electron chi connectivity index (χ2n) is 7.23. The molecule has 1 aliphatic rings. The smallest absolute Gasteiger partial charge is 0.255 e. The Hall–Kier alpha value is -2.22. The van der Waals surface area contributed by atoms with Gasteiger partial charge in [-0.2, -0.15) is 4.31 Å². The van der Waals surface area contributed by atoms with E-state index in [1.165, 1.54) is 15.9 Å². The van der Waals surface area contributed by atoms with E-state index in [1.807, 2.05) is 24.3 Å². The van der Waals surface area contributed by atoms with Crippen LogP contribution in [0.3, 0.4) is 0 Å². The van der Waals surface area contributed by atoms with Crippen molar-refractivity contribution in [2.45, 2.75) is 31.6 Å². The second kappa shape index (κ2) is 8.43. The van der Waals surface area contributed by atoms with Gasteiger partial charge in [0.1, 0.15) is 0 Å². The van der Waals surface area contributed by atoms with Crippen molar-refractivity contribution in [2.75, 3.05) is 31.6 Å². The highest BCUT2D eigenvalue weighted by Crippen LogP contribution is 2.23. The van der Waals surface area contributed by atoms with Gasteiger partial charge in [0.25, 0.3) is 5.91 Å². The summed E-state index contributed by atoms with van der Waals surface area (Å²) < 4.78 is 32.6. The summed E-state index contributed by atoms with van der Waals surface area (Å²) in [5, 5.41) is 2.83. The third-order valence-corrected chi connectivity index (χ3v) is 6.91. The molecule has 2 aromatic rings. The minimum Gasteiger partial charge on any atom is -0.379 e. The molecule has 1 saturated heterocycles. The molecule has 2 aromatic carbocycles. The molecule has 0 aliphatic carbocycles. The molecule has 0 bridgehead atoms. The lowest BCUT2D eigenvalue weighted by atomic mass is 10.0. The van der Waals surface area contributed by atoms with Gasteiger partial charge in [0.15, 0.2) is 0 Å². The van der Waals surface area contributed by atoms with Crippen LogP contribution >= 0.6 is 0 Å². The van der Waals surface area contributed by atoms with E-state index in [9.17, 15) is 13.2 Å². The summed E-state index contributed by atoms with van der Waals surface area (Å²) in [6.45, 7) is 7.35. The molecule has 0 saturated carbocycles. The fourth-order valence-electron chi connectivity index (χ4n) is 3.10. The van der Waals surface area contributed by atoms with Gasteiger partial charge in [0.2, 0.25) is 10.0 Å². The third kappa shape index (κ3) is 4.43. The van der Waals surface area contributed by atoms with Crippen molar-refractivity contribution in [1.82, 2.24) is 4.31 Å². The number of rotatable bonds is 5. The van der Waals surface area contributed by atoms with Crippen molar-refractivity contribution in [3.8, 4) is 0 Å². The molecule has 0 aromatic heterocycles. The van der Waals surface area contributed by atoms with Crippen molar-refractivity contribution in [2.24, 2.45) is 0 Å². The van der Waals surface area contributed by atoms with Gasteiger partial charge in [0, 0.05) is 24.3 Å². The van der Waals surface area contributed by atoms with Crippen LogP contribution in [0.1, 0.15) is 41.3 Å². The minimum atomic E-state index is -3.66. The van der Waals surface area contributed by atoms with Crippen LogP contribution in [0.2, 0.25) is 0 Å². The largest absolute Gasteiger partial charge is 0.379 e. The molecule has 1 heterocycles. The maximum Gasteiger partial charge on any atom is 0.255 e. The predicted octanol–water partition coefficient (Wildman–Crippen LogP) is 3.39. The molecule has 1 fully saturated rings. The molecule has 6 nitrogen and oxygen atoms in total. The van der Waals surface area contributed by atoms with Crippen molar-refractivity contribution < 1.29 is 17.9 Å². The molecule has 0 unspecified atom stereocenters. The summed E-state index contributed by atoms with van der Waals surface area (Å²) in [6, 6.07) is 12.4. The van der Waals surface area contributed by atoms with E-state index in [0.717, 1.165) is 0 Å². The van der Waals surface area contributed by atoms with Crippen LogP contribution in [0, 0.1) is 6.92 Å². The van der Waals surface area contributed by atoms with E-state index in [0.29, 0.717) is 49.0 Å². The number of sulfonamides is 1. The van der Waals surface area contributed by atoms with E-state index in [-0.39, 0.29) is 10.8 Å². The first-order valence-corrected chi connectivity index (χ1v) is 10.8. The van der Waals surface area contributed by atoms with Crippen LogP contribution in [-0.2, 0) is 14.8 Å². The quantitative estimate of drug-likeness (QED) is 0.832. The van der Waals surface area contributed by atoms with Gasteiger partial charge < -0.3 is 10.1 Å². The number of aryl methyl sites for hydroxylation is 1. The Kier molecular flexibility index (Phi) is 6.17. The summed E-state index contributed by atoms with van der Waals surface area (Å²) in [4.78, 5) is 12.8. The Morgan fingerprint density at radius 2 is 1.71 bits per heavy atom. The summed E-state index contributed by atoms with van der Waals surface area (Å²) in [6.07, 6.45) is 0. The summed E-state index contributed by atoms with van der Waals surface area (Å²) in [5.41, 5.74) is 2.79. The van der Waals surface area contributed by atoms with Crippen LogP contribution in [-0.4, -0.2) is 44.9 Å². The van der Waals surface area contributed by atoms with Gasteiger partial charge in [-0.05, 0) is 48.2 Å². The Morgan fingerprint density at radius 3 is 2.32 bits per heavy atom. The third-order valence-electron chi connectivity index (χ3n) is 4.87. The summed E-state index contributed by atoms with van der Waals surface area (Å²) in [5.74, 6) is 0.0746. The highest BCUT2D eigenvalue weighted by atomic mass is 32.2. The fourth-order valence-corrected chi connectivity index (χ4v) is 4.76. The number of carbonyl (C=O) groups excluding carboxylic acids is 1. The number of carbonyl (C=O) groups is 1. The molecular formula is C21H26N2O4S. The zero-order valence-electron chi connectivity index (χ0n) is 16.4. The predicted molar refractivity (Wildman–Crippen MR) is 109 cm³/mol. The first-order chi connectivity index (χ1) is 13.3. The second-order valence-corrected chi connectivity index (χ2v) is 9.13. The SMILES string of the molecule is Cc1ccc(C(=O)Nc2ccc(C(C)C)cc2)cc1S(=O)(=O)N1CCOCC1. The standard InChI is InChI=1S/C21H26N2O4S/c1-15(2)17-6-8-19(9-7-17)22-21(24)18-5-4-16(3)20(14-18)28(25,26)23-10-12-27-13-11-23/h4-9,14-15H,10-13H2,1-3H3,(H,22,24). The highest BCUT2D eigenvalue weighted by Gasteiger charge is 2.28. The number of hydrogen-bond acceptors (Lipinski definition) is 4. The number of morpholine rings is 1. The van der Waals surface area contributed by atoms with E-state index in [2.05, 4.69) is 19.2 Å². The average molecular weight is 403 g/mol. The molecule has 1 aliphatic heterocycles. The monoisotopic (exact) mass is 402 g/mol. The van der Waals surface area contributed by atoms with Gasteiger partial charge >= 0.3 is 0 Å². The van der Waals surface area contributed by atoms with Crippen LogP contribution in [0.25, 0.3) is 0 Å². The lowest BCUT2D eigenvalue weighted by Crippen LogP contribution is -2.40. The zero-order chi connectivity index (χ0) is 20.3. The number of hydrogen-bond donors (Lipinski definition) is 1. The Balaban J connectivity index is 1.83. The molecule has 1 amide bonds. The lowest BCUT2D eigenvalue weighted by Gasteiger charge is -2.26. The number of ether oxygens (including phenoxy) is 1. The van der Waals surface area contributed by atoms with Gasteiger partial charge in [-0.1, -0.05) is 32.0 Å². The van der Waals surface area contributed by atoms with Gasteiger partial charge in [-0.15, -0.1) is 0 Å². The van der Waals surface area contributed by atoms with Crippen LogP contribution < -0.4 is 5.32 Å². The summed E-state index contributed by atoms with van der Waals surface area (Å²) >= 11 is 0. The van der Waals surface area contributed by atoms with Gasteiger partial charge in [-0.25, -0.2) is 8.42 Å². The van der Waals surface area contributed by atoms with Crippen molar-refractivity contribution in [3.63, 3.8) is 0 Å². The van der Waals surface area contributed by atoms with Crippen molar-refractivity contribution >= 4 is 21.6 Å². The Labute approximate surface area is 166 Å². The van der Waals surface area contributed by atoms with E-state index in [4.69, 9.17) is 4.74 Å². The molecule has 3 rings (SSSR count). The number of amides is 1. The normalized spacial score (nSPS) is 15.6. The molecule has 1 N–H and O–H groups in total. The number of anilines is 1. The molecular weight excluding hydrogens is 376 g/mol. The van der Waals surface area contributed by atoms with E-state index >= 15 is 0 Å². The highest BCUT2D eigenvalue weighted by molar-refractivity contribution is 7.89. The number of benzene rings is 2. The van der Waals surface area contributed by atoms with Crippen LogP contribution in [0.15, 0.2) is 47.4 Å². The number of nitrogens with zero attached hydrogens (tertiary/aromatic N) is 1. The Morgan fingerprint density at radius 1 is 1.07 bits per heavy atom. The minimum absolute atomic E-state index is 0.164. The fraction of sp³-hybridized carbons (Fsp3) is 0.381. The van der Waals surface area contributed by atoms with Crippen molar-refractivity contribution in [1.29, 1.82) is 0 Å². The summed E-state index contributed by atoms with van der Waals surface area (Å²) in [7, 11) is -3.66. The first kappa shape index (κ1) is 20.5. The van der Waals surface area contributed by atoms with E-state index < -0.39 is 10.0 Å². The lowest BCUT2D eigenvalue weighted by molar-refractivity contribution is 0.0730. The Bertz CT molecular complexity index is 947. The molecule has 0 radical (unpaired) electrons. The maximum absolute atomic E-state index is 13.0. The van der Waals surface area contributed by atoms with E-state index in [1.54, 1.807) is 19.1 Å². The molecule has 0 spiro atoms. The average Bonchev–Trinajstić information content (AvgIpc) is 2.69.